The summed E-state index contributed by atoms with van der Waals surface area (Å²) >= 11 is 0. The Morgan fingerprint density at radius 1 is 1.04 bits per heavy atom. The van der Waals surface area contributed by atoms with Crippen molar-refractivity contribution in [1.82, 2.24) is 5.43 Å². The number of nitrogens with one attached hydrogen (secondary N) is 2. The van der Waals surface area contributed by atoms with Gasteiger partial charge in [-0.1, -0.05) is 29.8 Å². The van der Waals surface area contributed by atoms with Gasteiger partial charge in [-0.2, -0.15) is 5.10 Å². The monoisotopic (exact) mass is 325 g/mol. The van der Waals surface area contributed by atoms with E-state index in [1.807, 2.05) is 37.3 Å². The lowest BCUT2D eigenvalue weighted by molar-refractivity contribution is -0.136. The summed E-state index contributed by atoms with van der Waals surface area (Å²) in [5.74, 6) is -0.927. The first kappa shape index (κ1) is 17.2. The molecule has 6 nitrogen and oxygen atoms in total. The van der Waals surface area contributed by atoms with E-state index in [1.165, 1.54) is 0 Å². The van der Waals surface area contributed by atoms with Gasteiger partial charge in [0.1, 0.15) is 5.75 Å². The summed E-state index contributed by atoms with van der Waals surface area (Å²) < 4.78 is 5.14. The second-order valence-electron chi connectivity index (χ2n) is 5.19. The molecule has 2 amide bonds. The SMILES string of the molecule is COc1cccc(/C(C)=N\NC(=O)C(=O)Nc2ccc(C)cc2)c1. The van der Waals surface area contributed by atoms with Crippen molar-refractivity contribution in [3.8, 4) is 5.75 Å². The van der Waals surface area contributed by atoms with Crippen molar-refractivity contribution in [1.29, 1.82) is 0 Å². The smallest absolute Gasteiger partial charge is 0.329 e. The molecular formula is C18H19N3O3. The molecule has 0 spiro atoms. The Morgan fingerprint density at radius 3 is 2.42 bits per heavy atom. The number of anilines is 1. The number of hydrogen-bond donors (Lipinski definition) is 2. The summed E-state index contributed by atoms with van der Waals surface area (Å²) in [7, 11) is 1.57. The average Bonchev–Trinajstić information content (AvgIpc) is 2.61. The van der Waals surface area contributed by atoms with Gasteiger partial charge in [-0.15, -0.1) is 0 Å². The standard InChI is InChI=1S/C18H19N3O3/c1-12-7-9-15(10-8-12)19-17(22)18(23)21-20-13(2)14-5-4-6-16(11-14)24-3/h4-11H,1-3H3,(H,19,22)(H,21,23)/b20-13-. The molecular weight excluding hydrogens is 306 g/mol. The fraction of sp³-hybridized carbons (Fsp3) is 0.167. The number of rotatable bonds is 4. The van der Waals surface area contributed by atoms with E-state index in [-0.39, 0.29) is 0 Å². The van der Waals surface area contributed by atoms with E-state index in [4.69, 9.17) is 4.74 Å². The first-order valence-electron chi connectivity index (χ1n) is 7.36. The maximum Gasteiger partial charge on any atom is 0.329 e. The number of carbonyl (C=O) groups is 2. The molecule has 2 aromatic carbocycles. The second kappa shape index (κ2) is 7.92. The summed E-state index contributed by atoms with van der Waals surface area (Å²) in [5, 5.41) is 6.46. The third-order valence-corrected chi connectivity index (χ3v) is 3.33. The Hall–Kier alpha value is -3.15. The molecule has 24 heavy (non-hydrogen) atoms. The fourth-order valence-corrected chi connectivity index (χ4v) is 1.92. The van der Waals surface area contributed by atoms with Gasteiger partial charge in [0.05, 0.1) is 12.8 Å². The highest BCUT2D eigenvalue weighted by Gasteiger charge is 2.13. The van der Waals surface area contributed by atoms with Gasteiger partial charge < -0.3 is 10.1 Å². The highest BCUT2D eigenvalue weighted by Crippen LogP contribution is 2.13. The van der Waals surface area contributed by atoms with Crippen molar-refractivity contribution in [3.63, 3.8) is 0 Å². The highest BCUT2D eigenvalue weighted by atomic mass is 16.5. The average molecular weight is 325 g/mol. The number of methoxy groups -OCH3 is 1. The zero-order valence-corrected chi connectivity index (χ0v) is 13.8. The molecule has 0 heterocycles. The Bertz CT molecular complexity index is 767. The molecule has 0 saturated heterocycles. The number of benzene rings is 2. The van der Waals surface area contributed by atoms with Crippen LogP contribution in [-0.2, 0) is 9.59 Å². The minimum absolute atomic E-state index is 0.550. The molecule has 0 aliphatic rings. The molecule has 6 heteroatoms. The van der Waals surface area contributed by atoms with Crippen molar-refractivity contribution >= 4 is 23.2 Å². The summed E-state index contributed by atoms with van der Waals surface area (Å²) in [6.07, 6.45) is 0. The molecule has 124 valence electrons. The number of ether oxygens (including phenoxy) is 1. The zero-order chi connectivity index (χ0) is 17.5. The predicted molar refractivity (Wildman–Crippen MR) is 93.2 cm³/mol. The third kappa shape index (κ3) is 4.67. The van der Waals surface area contributed by atoms with Crippen molar-refractivity contribution in [2.45, 2.75) is 13.8 Å². The quantitative estimate of drug-likeness (QED) is 0.515. The van der Waals surface area contributed by atoms with Crippen LogP contribution in [0.4, 0.5) is 5.69 Å². The lowest BCUT2D eigenvalue weighted by Crippen LogP contribution is -2.32. The van der Waals surface area contributed by atoms with Crippen LogP contribution in [-0.4, -0.2) is 24.6 Å². The second-order valence-corrected chi connectivity index (χ2v) is 5.19. The first-order valence-corrected chi connectivity index (χ1v) is 7.36. The van der Waals surface area contributed by atoms with Gasteiger partial charge in [-0.25, -0.2) is 5.43 Å². The number of hydrazone groups is 1. The van der Waals surface area contributed by atoms with E-state index >= 15 is 0 Å². The van der Waals surface area contributed by atoms with E-state index in [0.29, 0.717) is 17.1 Å². The summed E-state index contributed by atoms with van der Waals surface area (Å²) in [6.45, 7) is 3.67. The molecule has 0 unspecified atom stereocenters. The van der Waals surface area contributed by atoms with Gasteiger partial charge in [0.25, 0.3) is 0 Å². The molecule has 0 aliphatic heterocycles. The maximum absolute atomic E-state index is 11.8. The summed E-state index contributed by atoms with van der Waals surface area (Å²) in [4.78, 5) is 23.7. The van der Waals surface area contributed by atoms with Crippen molar-refractivity contribution in [2.75, 3.05) is 12.4 Å². The molecule has 0 bridgehead atoms. The van der Waals surface area contributed by atoms with Crippen LogP contribution >= 0.6 is 0 Å². The fourth-order valence-electron chi connectivity index (χ4n) is 1.92. The zero-order valence-electron chi connectivity index (χ0n) is 13.8. The minimum Gasteiger partial charge on any atom is -0.497 e. The third-order valence-electron chi connectivity index (χ3n) is 3.33. The van der Waals surface area contributed by atoms with Crippen LogP contribution in [0, 0.1) is 6.92 Å². The number of carbonyl (C=O) groups excluding carboxylic acids is 2. The van der Waals surface area contributed by atoms with Crippen LogP contribution in [0.25, 0.3) is 0 Å². The Kier molecular flexibility index (Phi) is 5.68. The van der Waals surface area contributed by atoms with E-state index in [9.17, 15) is 9.59 Å². The van der Waals surface area contributed by atoms with Crippen LogP contribution in [0.3, 0.4) is 0 Å². The van der Waals surface area contributed by atoms with E-state index < -0.39 is 11.8 Å². The number of amides is 2. The molecule has 2 rings (SSSR count). The minimum atomic E-state index is -0.835. The molecule has 2 aromatic rings. The van der Waals surface area contributed by atoms with Crippen LogP contribution in [0.5, 0.6) is 5.75 Å². The van der Waals surface area contributed by atoms with Crippen LogP contribution in [0.15, 0.2) is 53.6 Å². The van der Waals surface area contributed by atoms with Crippen LogP contribution in [0.2, 0.25) is 0 Å². The normalized spacial score (nSPS) is 10.9. The lowest BCUT2D eigenvalue weighted by Gasteiger charge is -2.06. The lowest BCUT2D eigenvalue weighted by atomic mass is 10.1. The number of nitrogens with zero attached hydrogens (tertiary/aromatic N) is 1. The van der Waals surface area contributed by atoms with Gasteiger partial charge in [0.15, 0.2) is 0 Å². The van der Waals surface area contributed by atoms with Gasteiger partial charge in [0, 0.05) is 11.3 Å². The van der Waals surface area contributed by atoms with Gasteiger partial charge in [0.2, 0.25) is 0 Å². The van der Waals surface area contributed by atoms with Crippen LogP contribution < -0.4 is 15.5 Å². The number of hydrogen-bond acceptors (Lipinski definition) is 4. The maximum atomic E-state index is 11.8. The Labute approximate surface area is 140 Å². The Morgan fingerprint density at radius 2 is 1.75 bits per heavy atom. The van der Waals surface area contributed by atoms with Gasteiger partial charge >= 0.3 is 11.8 Å². The molecule has 0 fully saturated rings. The van der Waals surface area contributed by atoms with Crippen molar-refractivity contribution in [2.24, 2.45) is 5.10 Å². The Balaban J connectivity index is 1.97. The summed E-state index contributed by atoms with van der Waals surface area (Å²) in [6, 6.07) is 14.4. The van der Waals surface area contributed by atoms with E-state index in [1.54, 1.807) is 32.2 Å². The molecule has 0 aliphatic carbocycles. The van der Waals surface area contributed by atoms with Gasteiger partial charge in [-0.05, 0) is 38.1 Å². The topological polar surface area (TPSA) is 79.8 Å². The molecule has 0 saturated carbocycles. The highest BCUT2D eigenvalue weighted by molar-refractivity contribution is 6.39. The van der Waals surface area contributed by atoms with Crippen LogP contribution in [0.1, 0.15) is 18.1 Å². The number of aryl methyl sites for hydroxylation is 1. The first-order chi connectivity index (χ1) is 11.5. The molecule has 0 radical (unpaired) electrons. The predicted octanol–water partition coefficient (Wildman–Crippen LogP) is 2.48. The van der Waals surface area contributed by atoms with Crippen molar-refractivity contribution in [3.05, 3.63) is 59.7 Å². The van der Waals surface area contributed by atoms with Crippen molar-refractivity contribution < 1.29 is 14.3 Å². The largest absolute Gasteiger partial charge is 0.497 e. The molecule has 0 atom stereocenters. The summed E-state index contributed by atoms with van der Waals surface area (Å²) in [5.41, 5.74) is 5.21. The van der Waals surface area contributed by atoms with E-state index in [2.05, 4.69) is 15.8 Å². The molecule has 0 aromatic heterocycles. The molecule has 2 N–H and O–H groups in total. The van der Waals surface area contributed by atoms with E-state index in [0.717, 1.165) is 11.1 Å². The van der Waals surface area contributed by atoms with Gasteiger partial charge in [-0.3, -0.25) is 9.59 Å².